The topological polar surface area (TPSA) is 52.3 Å². The van der Waals surface area contributed by atoms with Gasteiger partial charge in [0, 0.05) is 4.88 Å². The normalized spacial score (nSPS) is 13.7. The fourth-order valence-electron chi connectivity index (χ4n) is 1.24. The van der Waals surface area contributed by atoms with Crippen molar-refractivity contribution in [3.8, 4) is 0 Å². The maximum atomic E-state index is 11.5. The molecule has 0 saturated heterocycles. The maximum absolute atomic E-state index is 11.5. The Morgan fingerprint density at radius 1 is 1.60 bits per heavy atom. The molecule has 1 unspecified atom stereocenters. The third-order valence-corrected chi connectivity index (χ3v) is 4.10. The minimum Gasteiger partial charge on any atom is -0.469 e. The van der Waals surface area contributed by atoms with Crippen molar-refractivity contribution >= 4 is 33.2 Å². The fraction of sp³-hybridized carbons (Fsp3) is 0.500. The number of carbonyl (C=O) groups is 1. The fourth-order valence-corrected chi connectivity index (χ4v) is 2.85. The third-order valence-electron chi connectivity index (χ3n) is 2.39. The van der Waals surface area contributed by atoms with Crippen molar-refractivity contribution < 1.29 is 9.53 Å². The van der Waals surface area contributed by atoms with Gasteiger partial charge < -0.3 is 10.5 Å². The monoisotopic (exact) mass is 291 g/mol. The highest BCUT2D eigenvalue weighted by Gasteiger charge is 2.37. The first kappa shape index (κ1) is 12.7. The summed E-state index contributed by atoms with van der Waals surface area (Å²) in [6, 6.07) is 3.50. The van der Waals surface area contributed by atoms with Crippen molar-refractivity contribution in [2.45, 2.75) is 19.9 Å². The first-order chi connectivity index (χ1) is 6.89. The molecule has 1 heterocycles. The van der Waals surface area contributed by atoms with E-state index in [0.717, 1.165) is 8.66 Å². The van der Waals surface area contributed by atoms with Gasteiger partial charge in [-0.1, -0.05) is 0 Å². The molecular formula is C10H14BrNO2S. The van der Waals surface area contributed by atoms with E-state index >= 15 is 0 Å². The Bertz CT molecular complexity index is 362. The number of hydrogen-bond acceptors (Lipinski definition) is 4. The van der Waals surface area contributed by atoms with Crippen molar-refractivity contribution in [2.75, 3.05) is 7.11 Å². The summed E-state index contributed by atoms with van der Waals surface area (Å²) >= 11 is 4.90. The van der Waals surface area contributed by atoms with E-state index in [1.54, 1.807) is 13.8 Å². The highest BCUT2D eigenvalue weighted by atomic mass is 79.9. The molecule has 0 aliphatic heterocycles. The molecule has 1 rings (SSSR count). The molecule has 0 fully saturated rings. The zero-order valence-corrected chi connectivity index (χ0v) is 11.3. The van der Waals surface area contributed by atoms with E-state index in [1.165, 1.54) is 18.4 Å². The number of nitrogens with two attached hydrogens (primary N) is 1. The zero-order chi connectivity index (χ0) is 11.6. The second-order valence-electron chi connectivity index (χ2n) is 3.83. The molecule has 15 heavy (non-hydrogen) atoms. The molecule has 1 atom stereocenters. The Morgan fingerprint density at radius 3 is 2.60 bits per heavy atom. The van der Waals surface area contributed by atoms with Crippen LogP contribution in [0.5, 0.6) is 0 Å². The Labute approximate surface area is 102 Å². The average molecular weight is 292 g/mol. The van der Waals surface area contributed by atoms with E-state index in [1.807, 2.05) is 12.1 Å². The molecular weight excluding hydrogens is 278 g/mol. The molecule has 0 aliphatic carbocycles. The largest absolute Gasteiger partial charge is 0.469 e. The standard InChI is InChI=1S/C10H14BrNO2S/c1-10(2,9(13)14-3)8(12)6-4-5-7(11)15-6/h4-5,8H,12H2,1-3H3. The van der Waals surface area contributed by atoms with Crippen molar-refractivity contribution in [1.82, 2.24) is 0 Å². The van der Waals surface area contributed by atoms with Crippen molar-refractivity contribution in [2.24, 2.45) is 11.1 Å². The van der Waals surface area contributed by atoms with Crippen LogP contribution in [0.25, 0.3) is 0 Å². The molecule has 2 N–H and O–H groups in total. The van der Waals surface area contributed by atoms with Gasteiger partial charge in [-0.3, -0.25) is 4.79 Å². The summed E-state index contributed by atoms with van der Waals surface area (Å²) in [7, 11) is 1.38. The van der Waals surface area contributed by atoms with Gasteiger partial charge in [-0.15, -0.1) is 11.3 Å². The van der Waals surface area contributed by atoms with E-state index in [-0.39, 0.29) is 12.0 Å². The molecule has 1 aromatic rings. The molecule has 0 aromatic carbocycles. The van der Waals surface area contributed by atoms with Gasteiger partial charge in [-0.25, -0.2) is 0 Å². The SMILES string of the molecule is COC(=O)C(C)(C)C(N)c1ccc(Br)s1. The number of carbonyl (C=O) groups excluding carboxylic acids is 1. The van der Waals surface area contributed by atoms with E-state index < -0.39 is 5.41 Å². The third kappa shape index (κ3) is 2.59. The lowest BCUT2D eigenvalue weighted by atomic mass is 9.84. The lowest BCUT2D eigenvalue weighted by Crippen LogP contribution is -2.36. The Morgan fingerprint density at radius 2 is 2.20 bits per heavy atom. The van der Waals surface area contributed by atoms with E-state index in [0.29, 0.717) is 0 Å². The van der Waals surface area contributed by atoms with E-state index in [2.05, 4.69) is 15.9 Å². The van der Waals surface area contributed by atoms with Crippen molar-refractivity contribution in [1.29, 1.82) is 0 Å². The summed E-state index contributed by atoms with van der Waals surface area (Å²) in [6.07, 6.45) is 0. The number of halogens is 1. The summed E-state index contributed by atoms with van der Waals surface area (Å²) in [4.78, 5) is 12.5. The second-order valence-corrected chi connectivity index (χ2v) is 6.33. The van der Waals surface area contributed by atoms with Gasteiger partial charge in [0.05, 0.1) is 22.4 Å². The van der Waals surface area contributed by atoms with Crippen LogP contribution in [-0.4, -0.2) is 13.1 Å². The number of ether oxygens (including phenoxy) is 1. The van der Waals surface area contributed by atoms with Crippen LogP contribution in [0.15, 0.2) is 15.9 Å². The number of methoxy groups -OCH3 is 1. The lowest BCUT2D eigenvalue weighted by molar-refractivity contribution is -0.152. The molecule has 0 amide bonds. The number of hydrogen-bond donors (Lipinski definition) is 1. The van der Waals surface area contributed by atoms with Crippen molar-refractivity contribution in [3.63, 3.8) is 0 Å². The smallest absolute Gasteiger partial charge is 0.313 e. The van der Waals surface area contributed by atoms with Crippen LogP contribution < -0.4 is 5.73 Å². The van der Waals surface area contributed by atoms with Gasteiger partial charge in [-0.05, 0) is 41.9 Å². The van der Waals surface area contributed by atoms with Gasteiger partial charge in [0.15, 0.2) is 0 Å². The summed E-state index contributed by atoms with van der Waals surface area (Å²) in [5.74, 6) is -0.292. The first-order valence-electron chi connectivity index (χ1n) is 4.49. The van der Waals surface area contributed by atoms with Gasteiger partial charge in [0.1, 0.15) is 0 Å². The Kier molecular flexibility index (Phi) is 3.92. The van der Waals surface area contributed by atoms with Crippen LogP contribution in [-0.2, 0) is 9.53 Å². The summed E-state index contributed by atoms with van der Waals surface area (Å²) in [6.45, 7) is 3.58. The van der Waals surface area contributed by atoms with Gasteiger partial charge in [0.2, 0.25) is 0 Å². The minimum atomic E-state index is -0.709. The van der Waals surface area contributed by atoms with E-state index in [4.69, 9.17) is 10.5 Å². The number of rotatable bonds is 3. The molecule has 0 saturated carbocycles. The van der Waals surface area contributed by atoms with Crippen LogP contribution in [0.4, 0.5) is 0 Å². The number of esters is 1. The highest BCUT2D eigenvalue weighted by Crippen LogP contribution is 2.37. The molecule has 3 nitrogen and oxygen atoms in total. The maximum Gasteiger partial charge on any atom is 0.313 e. The van der Waals surface area contributed by atoms with Crippen LogP contribution in [0, 0.1) is 5.41 Å². The predicted molar refractivity (Wildman–Crippen MR) is 64.7 cm³/mol. The first-order valence-corrected chi connectivity index (χ1v) is 6.09. The molecule has 0 radical (unpaired) electrons. The quantitative estimate of drug-likeness (QED) is 0.871. The average Bonchev–Trinajstić information content (AvgIpc) is 2.62. The summed E-state index contributed by atoms with van der Waals surface area (Å²) in [5.41, 5.74) is 5.34. The van der Waals surface area contributed by atoms with Crippen LogP contribution in [0.1, 0.15) is 24.8 Å². The molecule has 0 bridgehead atoms. The van der Waals surface area contributed by atoms with Crippen LogP contribution in [0.3, 0.4) is 0 Å². The van der Waals surface area contributed by atoms with E-state index in [9.17, 15) is 4.79 Å². The van der Waals surface area contributed by atoms with Crippen LogP contribution >= 0.6 is 27.3 Å². The zero-order valence-electron chi connectivity index (χ0n) is 8.91. The van der Waals surface area contributed by atoms with Gasteiger partial charge in [0.25, 0.3) is 0 Å². The van der Waals surface area contributed by atoms with Crippen molar-refractivity contribution in [3.05, 3.63) is 20.8 Å². The molecule has 5 heteroatoms. The second kappa shape index (κ2) is 4.63. The summed E-state index contributed by atoms with van der Waals surface area (Å²) in [5, 5.41) is 0. The molecule has 0 aliphatic rings. The Hall–Kier alpha value is -0.390. The Balaban J connectivity index is 2.93. The predicted octanol–water partition coefficient (Wildman–Crippen LogP) is 2.71. The highest BCUT2D eigenvalue weighted by molar-refractivity contribution is 9.11. The minimum absolute atomic E-state index is 0.292. The number of thiophene rings is 1. The molecule has 1 aromatic heterocycles. The molecule has 84 valence electrons. The molecule has 0 spiro atoms. The lowest BCUT2D eigenvalue weighted by Gasteiger charge is -2.27. The summed E-state index contributed by atoms with van der Waals surface area (Å²) < 4.78 is 5.75. The van der Waals surface area contributed by atoms with Gasteiger partial charge >= 0.3 is 5.97 Å². The van der Waals surface area contributed by atoms with Gasteiger partial charge in [-0.2, -0.15) is 0 Å². The van der Waals surface area contributed by atoms with Crippen LogP contribution in [0.2, 0.25) is 0 Å².